The van der Waals surface area contributed by atoms with Crippen molar-refractivity contribution in [2.45, 2.75) is 57.7 Å². The van der Waals surface area contributed by atoms with Crippen LogP contribution in [0.15, 0.2) is 0 Å². The Hall–Kier alpha value is -0.280. The van der Waals surface area contributed by atoms with E-state index in [1.165, 1.54) is 19.3 Å². The van der Waals surface area contributed by atoms with Crippen molar-refractivity contribution < 1.29 is 4.79 Å². The van der Waals surface area contributed by atoms with Gasteiger partial charge in [-0.1, -0.05) is 12.8 Å². The molecule has 1 aliphatic carbocycles. The first-order chi connectivity index (χ1) is 7.99. The fourth-order valence-electron chi connectivity index (χ4n) is 2.94. The smallest absolute Gasteiger partial charge is 0.238 e. The quantitative estimate of drug-likeness (QED) is 0.725. The minimum atomic E-state index is 0.0698. The van der Waals surface area contributed by atoms with Crippen LogP contribution in [0.4, 0.5) is 0 Å². The highest BCUT2D eigenvalue weighted by atomic mass is 35.5. The maximum absolute atomic E-state index is 12.0. The van der Waals surface area contributed by atoms with Crippen LogP contribution in [0.25, 0.3) is 0 Å². The Morgan fingerprint density at radius 2 is 1.76 bits per heavy atom. The normalized spacial score (nSPS) is 25.4. The Morgan fingerprint density at radius 3 is 2.18 bits per heavy atom. The third-order valence-electron chi connectivity index (χ3n) is 3.67. The van der Waals surface area contributed by atoms with Gasteiger partial charge in [0.1, 0.15) is 5.88 Å². The maximum Gasteiger partial charge on any atom is 0.238 e. The van der Waals surface area contributed by atoms with Crippen molar-refractivity contribution >= 4 is 17.5 Å². The summed E-state index contributed by atoms with van der Waals surface area (Å²) in [6.07, 6.45) is 4.76. The van der Waals surface area contributed by atoms with E-state index >= 15 is 0 Å². The van der Waals surface area contributed by atoms with Gasteiger partial charge in [-0.15, -0.1) is 11.6 Å². The van der Waals surface area contributed by atoms with Gasteiger partial charge in [0, 0.05) is 18.1 Å². The van der Waals surface area contributed by atoms with E-state index in [9.17, 15) is 4.79 Å². The van der Waals surface area contributed by atoms with Crippen molar-refractivity contribution in [1.29, 1.82) is 0 Å². The van der Waals surface area contributed by atoms with Crippen molar-refractivity contribution in [3.05, 3.63) is 0 Å². The van der Waals surface area contributed by atoms with Gasteiger partial charge in [-0.05, 0) is 40.8 Å². The number of amides is 1. The highest BCUT2D eigenvalue weighted by molar-refractivity contribution is 6.27. The Balaban J connectivity index is 2.86. The zero-order valence-corrected chi connectivity index (χ0v) is 12.2. The zero-order valence-electron chi connectivity index (χ0n) is 11.4. The summed E-state index contributed by atoms with van der Waals surface area (Å²) in [6, 6.07) is 1.02. The Bertz CT molecular complexity index is 256. The molecule has 100 valence electrons. The van der Waals surface area contributed by atoms with Crippen LogP contribution >= 0.6 is 11.6 Å². The fourth-order valence-corrected chi connectivity index (χ4v) is 3.08. The van der Waals surface area contributed by atoms with Crippen molar-refractivity contribution in [1.82, 2.24) is 9.80 Å². The van der Waals surface area contributed by atoms with Gasteiger partial charge in [0.15, 0.2) is 0 Å². The molecular weight excluding hydrogens is 236 g/mol. The Kier molecular flexibility index (Phi) is 5.74. The second kappa shape index (κ2) is 6.60. The van der Waals surface area contributed by atoms with E-state index in [0.717, 1.165) is 6.42 Å². The SMILES string of the molecule is CC(C)N(C(=O)CCl)C1CCCCC1N(C)C. The Labute approximate surface area is 110 Å². The molecule has 1 fully saturated rings. The number of carbonyl (C=O) groups is 1. The molecule has 0 N–H and O–H groups in total. The highest BCUT2D eigenvalue weighted by Crippen LogP contribution is 2.27. The van der Waals surface area contributed by atoms with E-state index in [1.807, 2.05) is 4.90 Å². The van der Waals surface area contributed by atoms with E-state index in [0.29, 0.717) is 12.1 Å². The summed E-state index contributed by atoms with van der Waals surface area (Å²) in [4.78, 5) is 16.2. The number of hydrogen-bond donors (Lipinski definition) is 0. The summed E-state index contributed by atoms with van der Waals surface area (Å²) in [5.41, 5.74) is 0. The molecule has 17 heavy (non-hydrogen) atoms. The van der Waals surface area contributed by atoms with Gasteiger partial charge in [-0.2, -0.15) is 0 Å². The zero-order chi connectivity index (χ0) is 13.0. The number of likely N-dealkylation sites (N-methyl/N-ethyl adjacent to an activating group) is 1. The average Bonchev–Trinajstić information content (AvgIpc) is 2.29. The van der Waals surface area contributed by atoms with Crippen molar-refractivity contribution in [2.75, 3.05) is 20.0 Å². The molecule has 3 nitrogen and oxygen atoms in total. The molecule has 1 amide bonds. The molecular formula is C13H25ClN2O. The standard InChI is InChI=1S/C13H25ClN2O/c1-10(2)16(13(17)9-14)12-8-6-5-7-11(12)15(3)4/h10-12H,5-9H2,1-4H3. The van der Waals surface area contributed by atoms with Gasteiger partial charge in [0.05, 0.1) is 0 Å². The second-order valence-corrected chi connectivity index (χ2v) is 5.68. The van der Waals surface area contributed by atoms with Gasteiger partial charge in [-0.3, -0.25) is 4.79 Å². The summed E-state index contributed by atoms with van der Waals surface area (Å²) in [6.45, 7) is 4.15. The van der Waals surface area contributed by atoms with Crippen LogP contribution in [0.2, 0.25) is 0 Å². The minimum absolute atomic E-state index is 0.0698. The van der Waals surface area contributed by atoms with Gasteiger partial charge >= 0.3 is 0 Å². The van der Waals surface area contributed by atoms with Crippen LogP contribution in [0.5, 0.6) is 0 Å². The lowest BCUT2D eigenvalue weighted by molar-refractivity contribution is -0.135. The fraction of sp³-hybridized carbons (Fsp3) is 0.923. The lowest BCUT2D eigenvalue weighted by Crippen LogP contribution is -2.56. The van der Waals surface area contributed by atoms with E-state index in [-0.39, 0.29) is 17.8 Å². The van der Waals surface area contributed by atoms with Crippen LogP contribution < -0.4 is 0 Å². The number of alkyl halides is 1. The number of carbonyl (C=O) groups excluding carboxylic acids is 1. The van der Waals surface area contributed by atoms with Crippen LogP contribution in [-0.4, -0.2) is 53.8 Å². The predicted octanol–water partition coefficient (Wildman–Crippen LogP) is 2.33. The monoisotopic (exact) mass is 260 g/mol. The largest absolute Gasteiger partial charge is 0.335 e. The highest BCUT2D eigenvalue weighted by Gasteiger charge is 2.34. The third-order valence-corrected chi connectivity index (χ3v) is 3.90. The molecule has 1 rings (SSSR count). The first kappa shape index (κ1) is 14.8. The van der Waals surface area contributed by atoms with E-state index < -0.39 is 0 Å². The molecule has 0 radical (unpaired) electrons. The van der Waals surface area contributed by atoms with Crippen LogP contribution in [0.1, 0.15) is 39.5 Å². The molecule has 0 spiro atoms. The van der Waals surface area contributed by atoms with Crippen molar-refractivity contribution in [3.8, 4) is 0 Å². The molecule has 0 bridgehead atoms. The summed E-state index contributed by atoms with van der Waals surface area (Å²) in [5, 5.41) is 0. The van der Waals surface area contributed by atoms with E-state index in [2.05, 4.69) is 32.8 Å². The molecule has 2 unspecified atom stereocenters. The van der Waals surface area contributed by atoms with Crippen LogP contribution in [-0.2, 0) is 4.79 Å². The number of halogens is 1. The minimum Gasteiger partial charge on any atom is -0.335 e. The van der Waals surface area contributed by atoms with E-state index in [4.69, 9.17) is 11.6 Å². The molecule has 0 aromatic heterocycles. The first-order valence-corrected chi connectivity index (χ1v) is 7.06. The average molecular weight is 261 g/mol. The van der Waals surface area contributed by atoms with Crippen LogP contribution in [0.3, 0.4) is 0 Å². The lowest BCUT2D eigenvalue weighted by atomic mass is 9.87. The first-order valence-electron chi connectivity index (χ1n) is 6.52. The molecule has 0 heterocycles. The molecule has 1 aliphatic rings. The van der Waals surface area contributed by atoms with Gasteiger partial charge in [0.25, 0.3) is 0 Å². The molecule has 1 saturated carbocycles. The molecule has 0 saturated heterocycles. The lowest BCUT2D eigenvalue weighted by Gasteiger charge is -2.44. The molecule has 0 aromatic rings. The summed E-state index contributed by atoms with van der Waals surface area (Å²) < 4.78 is 0. The predicted molar refractivity (Wildman–Crippen MR) is 72.4 cm³/mol. The van der Waals surface area contributed by atoms with Crippen LogP contribution in [0, 0.1) is 0 Å². The number of nitrogens with zero attached hydrogens (tertiary/aromatic N) is 2. The van der Waals surface area contributed by atoms with Gasteiger partial charge < -0.3 is 9.80 Å². The second-order valence-electron chi connectivity index (χ2n) is 5.41. The maximum atomic E-state index is 12.0. The molecule has 4 heteroatoms. The van der Waals surface area contributed by atoms with E-state index in [1.54, 1.807) is 0 Å². The Morgan fingerprint density at radius 1 is 1.24 bits per heavy atom. The van der Waals surface area contributed by atoms with Gasteiger partial charge in [-0.25, -0.2) is 0 Å². The number of hydrogen-bond acceptors (Lipinski definition) is 2. The third kappa shape index (κ3) is 3.59. The molecule has 0 aliphatic heterocycles. The topological polar surface area (TPSA) is 23.6 Å². The molecule has 2 atom stereocenters. The van der Waals surface area contributed by atoms with Crippen molar-refractivity contribution in [2.24, 2.45) is 0 Å². The molecule has 0 aromatic carbocycles. The summed E-state index contributed by atoms with van der Waals surface area (Å²) in [5.74, 6) is 0.162. The summed E-state index contributed by atoms with van der Waals surface area (Å²) in [7, 11) is 4.21. The van der Waals surface area contributed by atoms with Crippen molar-refractivity contribution in [3.63, 3.8) is 0 Å². The number of rotatable bonds is 4. The van der Waals surface area contributed by atoms with Gasteiger partial charge in [0.2, 0.25) is 5.91 Å². The summed E-state index contributed by atoms with van der Waals surface area (Å²) >= 11 is 5.73.